The van der Waals surface area contributed by atoms with Crippen LogP contribution in [-0.2, 0) is 0 Å². The SMILES string of the molecule is CC1=Nc2ccc(C)cc2[SiH2]1. The standard InChI is InChI=1S/C9H11NSi/c1-6-3-4-8-9(5-6)11-7(2)10-8/h3-5H,11H2,1-2H3. The average molecular weight is 161 g/mol. The van der Waals surface area contributed by atoms with E-state index >= 15 is 0 Å². The minimum atomic E-state index is -0.155. The molecule has 2 rings (SSSR count). The number of nitrogens with zero attached hydrogens (tertiary/aromatic N) is 1. The second-order valence-electron chi connectivity index (χ2n) is 3.16. The van der Waals surface area contributed by atoms with Gasteiger partial charge in [0.05, 0.1) is 5.69 Å². The van der Waals surface area contributed by atoms with E-state index < -0.39 is 0 Å². The summed E-state index contributed by atoms with van der Waals surface area (Å²) < 4.78 is 0. The molecule has 0 aromatic heterocycles. The first-order valence-electron chi connectivity index (χ1n) is 3.89. The van der Waals surface area contributed by atoms with E-state index in [1.54, 1.807) is 0 Å². The maximum atomic E-state index is 4.47. The summed E-state index contributed by atoms with van der Waals surface area (Å²) in [7, 11) is -0.155. The molecule has 1 aliphatic heterocycles. The number of rotatable bonds is 0. The van der Waals surface area contributed by atoms with Gasteiger partial charge in [-0.3, -0.25) is 4.99 Å². The van der Waals surface area contributed by atoms with E-state index in [0.29, 0.717) is 0 Å². The van der Waals surface area contributed by atoms with Crippen LogP contribution in [0.4, 0.5) is 5.69 Å². The quantitative estimate of drug-likeness (QED) is 0.500. The zero-order valence-corrected chi connectivity index (χ0v) is 8.30. The van der Waals surface area contributed by atoms with Gasteiger partial charge < -0.3 is 0 Å². The highest BCUT2D eigenvalue weighted by atomic mass is 28.2. The summed E-state index contributed by atoms with van der Waals surface area (Å²) in [4.78, 5) is 4.47. The molecular weight excluding hydrogens is 150 g/mol. The third kappa shape index (κ3) is 1.14. The van der Waals surface area contributed by atoms with Gasteiger partial charge in [0.1, 0.15) is 9.52 Å². The van der Waals surface area contributed by atoms with Gasteiger partial charge in [-0.15, -0.1) is 0 Å². The van der Waals surface area contributed by atoms with Gasteiger partial charge in [-0.25, -0.2) is 0 Å². The fraction of sp³-hybridized carbons (Fsp3) is 0.222. The Labute approximate surface area is 69.0 Å². The van der Waals surface area contributed by atoms with Crippen molar-refractivity contribution in [2.24, 2.45) is 4.99 Å². The van der Waals surface area contributed by atoms with E-state index in [9.17, 15) is 0 Å². The van der Waals surface area contributed by atoms with Crippen LogP contribution in [0, 0.1) is 6.92 Å². The Morgan fingerprint density at radius 2 is 2.09 bits per heavy atom. The van der Waals surface area contributed by atoms with E-state index in [1.165, 1.54) is 21.8 Å². The normalized spacial score (nSPS) is 16.7. The van der Waals surface area contributed by atoms with Crippen molar-refractivity contribution in [3.05, 3.63) is 23.8 Å². The second-order valence-corrected chi connectivity index (χ2v) is 5.29. The van der Waals surface area contributed by atoms with Gasteiger partial charge in [0.15, 0.2) is 0 Å². The van der Waals surface area contributed by atoms with Gasteiger partial charge in [-0.05, 0) is 30.4 Å². The highest BCUT2D eigenvalue weighted by molar-refractivity contribution is 6.87. The highest BCUT2D eigenvalue weighted by Crippen LogP contribution is 2.14. The van der Waals surface area contributed by atoms with Gasteiger partial charge in [0.2, 0.25) is 0 Å². The number of hydrogen-bond acceptors (Lipinski definition) is 1. The first-order chi connectivity index (χ1) is 5.25. The van der Waals surface area contributed by atoms with E-state index in [0.717, 1.165) is 0 Å². The lowest BCUT2D eigenvalue weighted by molar-refractivity contribution is 1.47. The van der Waals surface area contributed by atoms with Crippen molar-refractivity contribution in [2.75, 3.05) is 0 Å². The monoisotopic (exact) mass is 161 g/mol. The van der Waals surface area contributed by atoms with E-state index in [4.69, 9.17) is 0 Å². The summed E-state index contributed by atoms with van der Waals surface area (Å²) in [6.07, 6.45) is 0. The van der Waals surface area contributed by atoms with Crippen LogP contribution in [0.3, 0.4) is 0 Å². The Bertz CT molecular complexity index is 328. The topological polar surface area (TPSA) is 12.4 Å². The van der Waals surface area contributed by atoms with Crippen LogP contribution in [0.25, 0.3) is 0 Å². The molecule has 1 aromatic carbocycles. The third-order valence-corrected chi connectivity index (χ3v) is 3.61. The smallest absolute Gasteiger partial charge is 0.108 e. The van der Waals surface area contributed by atoms with E-state index in [1.807, 2.05) is 0 Å². The van der Waals surface area contributed by atoms with Crippen LogP contribution in [0.1, 0.15) is 12.5 Å². The molecule has 2 heteroatoms. The van der Waals surface area contributed by atoms with Crippen LogP contribution >= 0.6 is 0 Å². The summed E-state index contributed by atoms with van der Waals surface area (Å²) in [6, 6.07) is 6.55. The van der Waals surface area contributed by atoms with Crippen LogP contribution in [-0.4, -0.2) is 14.9 Å². The van der Waals surface area contributed by atoms with Crippen molar-refractivity contribution < 1.29 is 0 Å². The molecule has 1 heterocycles. The van der Waals surface area contributed by atoms with Crippen molar-refractivity contribution in [3.8, 4) is 0 Å². The summed E-state index contributed by atoms with van der Waals surface area (Å²) in [5.74, 6) is 0. The average Bonchev–Trinajstić information content (AvgIpc) is 2.27. The van der Waals surface area contributed by atoms with Gasteiger partial charge in [-0.2, -0.15) is 0 Å². The molecule has 0 saturated carbocycles. The maximum absolute atomic E-state index is 4.47. The number of aliphatic imine (C=N–C) groups is 1. The molecule has 0 atom stereocenters. The van der Waals surface area contributed by atoms with E-state index in [2.05, 4.69) is 37.0 Å². The molecule has 0 unspecified atom stereocenters. The lowest BCUT2D eigenvalue weighted by Crippen LogP contribution is -2.15. The van der Waals surface area contributed by atoms with Crippen molar-refractivity contribution >= 4 is 25.7 Å². The fourth-order valence-corrected chi connectivity index (χ4v) is 3.09. The molecule has 56 valence electrons. The predicted octanol–water partition coefficient (Wildman–Crippen LogP) is 0.853. The first-order valence-corrected chi connectivity index (χ1v) is 5.31. The number of hydrogen-bond donors (Lipinski definition) is 0. The maximum Gasteiger partial charge on any atom is 0.108 e. The van der Waals surface area contributed by atoms with Gasteiger partial charge >= 0.3 is 0 Å². The van der Waals surface area contributed by atoms with Crippen molar-refractivity contribution in [2.45, 2.75) is 13.8 Å². The molecule has 1 aromatic rings. The third-order valence-electron chi connectivity index (χ3n) is 1.99. The second kappa shape index (κ2) is 2.31. The Hall–Kier alpha value is -0.893. The zero-order valence-electron chi connectivity index (χ0n) is 6.89. The number of fused-ring (bicyclic) bond motifs is 1. The number of aryl methyl sites for hydroxylation is 1. The van der Waals surface area contributed by atoms with Crippen molar-refractivity contribution in [1.29, 1.82) is 0 Å². The molecule has 0 N–H and O–H groups in total. The molecule has 0 fully saturated rings. The molecule has 1 nitrogen and oxygen atoms in total. The molecule has 0 spiro atoms. The minimum Gasteiger partial charge on any atom is -0.263 e. The van der Waals surface area contributed by atoms with Crippen molar-refractivity contribution in [1.82, 2.24) is 0 Å². The Balaban J connectivity index is 2.52. The van der Waals surface area contributed by atoms with Gasteiger partial charge in [-0.1, -0.05) is 17.7 Å². The molecule has 0 radical (unpaired) electrons. The Kier molecular flexibility index (Phi) is 1.43. The van der Waals surface area contributed by atoms with Gasteiger partial charge in [0, 0.05) is 0 Å². The van der Waals surface area contributed by atoms with Crippen LogP contribution in [0.2, 0.25) is 0 Å². The molecular formula is C9H11NSi. The molecule has 0 aliphatic carbocycles. The highest BCUT2D eigenvalue weighted by Gasteiger charge is 2.10. The first kappa shape index (κ1) is 6.79. The summed E-state index contributed by atoms with van der Waals surface area (Å²) >= 11 is 0. The molecule has 1 aliphatic rings. The lowest BCUT2D eigenvalue weighted by atomic mass is 10.2. The molecule has 11 heavy (non-hydrogen) atoms. The van der Waals surface area contributed by atoms with Crippen LogP contribution in [0.5, 0.6) is 0 Å². The van der Waals surface area contributed by atoms with Crippen LogP contribution in [0.15, 0.2) is 23.2 Å². The summed E-state index contributed by atoms with van der Waals surface area (Å²) in [6.45, 7) is 4.28. The van der Waals surface area contributed by atoms with Gasteiger partial charge in [0.25, 0.3) is 0 Å². The predicted molar refractivity (Wildman–Crippen MR) is 52.1 cm³/mol. The largest absolute Gasteiger partial charge is 0.263 e. The van der Waals surface area contributed by atoms with Crippen LogP contribution < -0.4 is 5.19 Å². The van der Waals surface area contributed by atoms with Crippen molar-refractivity contribution in [3.63, 3.8) is 0 Å². The lowest BCUT2D eigenvalue weighted by Gasteiger charge is -1.96. The fourth-order valence-electron chi connectivity index (χ4n) is 1.49. The van der Waals surface area contributed by atoms with E-state index in [-0.39, 0.29) is 9.52 Å². The molecule has 0 bridgehead atoms. The summed E-state index contributed by atoms with van der Waals surface area (Å²) in [5.41, 5.74) is 2.58. The molecule has 0 saturated heterocycles. The Morgan fingerprint density at radius 3 is 2.91 bits per heavy atom. The zero-order chi connectivity index (χ0) is 7.84. The minimum absolute atomic E-state index is 0.155. The Morgan fingerprint density at radius 1 is 1.27 bits per heavy atom. The molecule has 0 amide bonds. The summed E-state index contributed by atoms with van der Waals surface area (Å²) in [5, 5.41) is 2.88. The number of benzene rings is 1.